The van der Waals surface area contributed by atoms with Crippen LogP contribution >= 0.6 is 0 Å². The molecule has 0 radical (unpaired) electrons. The van der Waals surface area contributed by atoms with Gasteiger partial charge in [0.25, 0.3) is 0 Å². The third kappa shape index (κ3) is 2.61. The van der Waals surface area contributed by atoms with Gasteiger partial charge in [0.05, 0.1) is 5.52 Å². The number of H-pyrrole nitrogens is 1. The van der Waals surface area contributed by atoms with Crippen LogP contribution in [0.5, 0.6) is 0 Å². The minimum absolute atomic E-state index is 0.531. The van der Waals surface area contributed by atoms with Crippen molar-refractivity contribution in [2.75, 3.05) is 43.9 Å². The second kappa shape index (κ2) is 5.55. The monoisotopic (exact) mass is 308 g/mol. The molecule has 4 rings (SSSR count). The predicted molar refractivity (Wildman–Crippen MR) is 93.4 cm³/mol. The number of nitrogen functional groups attached to an aromatic ring is 1. The first-order chi connectivity index (χ1) is 11.2. The zero-order valence-electron chi connectivity index (χ0n) is 13.2. The van der Waals surface area contributed by atoms with Gasteiger partial charge in [-0.3, -0.25) is 5.10 Å². The summed E-state index contributed by atoms with van der Waals surface area (Å²) in [6.45, 7) is 4.22. The van der Waals surface area contributed by atoms with Gasteiger partial charge in [-0.15, -0.1) is 0 Å². The van der Waals surface area contributed by atoms with Crippen LogP contribution in [0.3, 0.4) is 0 Å². The van der Waals surface area contributed by atoms with Gasteiger partial charge in [0.1, 0.15) is 5.82 Å². The van der Waals surface area contributed by atoms with Gasteiger partial charge in [0.15, 0.2) is 5.82 Å². The molecule has 0 spiro atoms. The molecule has 3 aromatic rings. The summed E-state index contributed by atoms with van der Waals surface area (Å²) in [5.41, 5.74) is 9.03. The molecule has 0 saturated carbocycles. The number of aromatic amines is 1. The molecule has 6 heteroatoms. The van der Waals surface area contributed by atoms with E-state index >= 15 is 0 Å². The van der Waals surface area contributed by atoms with Crippen LogP contribution in [-0.4, -0.2) is 53.3 Å². The summed E-state index contributed by atoms with van der Waals surface area (Å²) >= 11 is 0. The van der Waals surface area contributed by atoms with Gasteiger partial charge in [-0.05, 0) is 36.9 Å². The highest BCUT2D eigenvalue weighted by molar-refractivity contribution is 5.92. The lowest BCUT2D eigenvalue weighted by Gasteiger charge is -2.33. The highest BCUT2D eigenvalue weighted by Crippen LogP contribution is 2.27. The summed E-state index contributed by atoms with van der Waals surface area (Å²) in [5, 5.41) is 7.91. The number of rotatable bonds is 2. The number of nitrogens with zero attached hydrogens (tertiary/aromatic N) is 4. The topological polar surface area (TPSA) is 74.1 Å². The van der Waals surface area contributed by atoms with Crippen LogP contribution in [0.2, 0.25) is 0 Å². The lowest BCUT2D eigenvalue weighted by Crippen LogP contribution is -2.44. The Morgan fingerprint density at radius 2 is 1.83 bits per heavy atom. The highest BCUT2D eigenvalue weighted by Gasteiger charge is 2.15. The van der Waals surface area contributed by atoms with Crippen LogP contribution in [0.15, 0.2) is 36.5 Å². The molecule has 1 aliphatic heterocycles. The number of hydrogen-bond donors (Lipinski definition) is 2. The summed E-state index contributed by atoms with van der Waals surface area (Å²) in [6, 6.07) is 10.3. The molecule has 6 nitrogen and oxygen atoms in total. The number of likely N-dealkylation sites (N-methyl/N-ethyl adjacent to an activating group) is 1. The largest absolute Gasteiger partial charge is 0.382 e. The zero-order valence-corrected chi connectivity index (χ0v) is 13.2. The van der Waals surface area contributed by atoms with E-state index < -0.39 is 0 Å². The maximum atomic E-state index is 5.89. The van der Waals surface area contributed by atoms with Crippen molar-refractivity contribution in [2.24, 2.45) is 0 Å². The maximum Gasteiger partial charge on any atom is 0.153 e. The Balaban J connectivity index is 1.60. The Morgan fingerprint density at radius 1 is 1.04 bits per heavy atom. The summed E-state index contributed by atoms with van der Waals surface area (Å²) in [4.78, 5) is 9.32. The minimum atomic E-state index is 0.531. The molecule has 1 fully saturated rings. The fourth-order valence-electron chi connectivity index (χ4n) is 2.99. The first-order valence-corrected chi connectivity index (χ1v) is 7.84. The van der Waals surface area contributed by atoms with Crippen LogP contribution in [0.1, 0.15) is 0 Å². The Kier molecular flexibility index (Phi) is 3.38. The fourth-order valence-corrected chi connectivity index (χ4v) is 2.99. The van der Waals surface area contributed by atoms with Crippen molar-refractivity contribution in [3.63, 3.8) is 0 Å². The summed E-state index contributed by atoms with van der Waals surface area (Å²) in [5.74, 6) is 1.58. The number of nitrogens with two attached hydrogens (primary N) is 1. The fraction of sp³-hybridized carbons (Fsp3) is 0.294. The second-order valence-corrected chi connectivity index (χ2v) is 6.06. The van der Waals surface area contributed by atoms with Gasteiger partial charge in [-0.25, -0.2) is 4.98 Å². The third-order valence-corrected chi connectivity index (χ3v) is 4.50. The quantitative estimate of drug-likeness (QED) is 0.757. The Morgan fingerprint density at radius 3 is 2.57 bits per heavy atom. The first-order valence-electron chi connectivity index (χ1n) is 7.84. The molecule has 1 aliphatic rings. The van der Waals surface area contributed by atoms with Crippen molar-refractivity contribution in [1.82, 2.24) is 20.1 Å². The Hall–Kier alpha value is -2.60. The van der Waals surface area contributed by atoms with Gasteiger partial charge in [0, 0.05) is 43.3 Å². The van der Waals surface area contributed by atoms with Crippen LogP contribution in [0.4, 0.5) is 11.6 Å². The summed E-state index contributed by atoms with van der Waals surface area (Å²) in [6.07, 6.45) is 1.94. The molecular weight excluding hydrogens is 288 g/mol. The minimum Gasteiger partial charge on any atom is -0.382 e. The molecule has 2 aromatic heterocycles. The molecule has 0 atom stereocenters. The number of pyridine rings is 1. The maximum absolute atomic E-state index is 5.89. The molecule has 0 unspecified atom stereocenters. The Bertz CT molecular complexity index is 815. The van der Waals surface area contributed by atoms with Gasteiger partial charge in [-0.2, -0.15) is 5.10 Å². The number of benzene rings is 1. The van der Waals surface area contributed by atoms with E-state index in [9.17, 15) is 0 Å². The van der Waals surface area contributed by atoms with Gasteiger partial charge >= 0.3 is 0 Å². The standard InChI is InChI=1S/C17H20N6/c1-22-6-8-23(9-7-22)16-5-3-13(11-19-16)12-2-4-15-14(10-12)17(18)21-20-15/h2-5,10-11H,6-9H2,1H3,(H3,18,20,21). The number of fused-ring (bicyclic) bond motifs is 1. The van der Waals surface area contributed by atoms with E-state index in [0.717, 1.165) is 54.0 Å². The molecule has 1 saturated heterocycles. The Labute approximate surface area is 134 Å². The summed E-state index contributed by atoms with van der Waals surface area (Å²) in [7, 11) is 2.16. The van der Waals surface area contributed by atoms with Crippen molar-refractivity contribution in [3.05, 3.63) is 36.5 Å². The molecule has 118 valence electrons. The highest BCUT2D eigenvalue weighted by atomic mass is 15.3. The van der Waals surface area contributed by atoms with Crippen molar-refractivity contribution >= 4 is 22.5 Å². The van der Waals surface area contributed by atoms with E-state index in [2.05, 4.69) is 56.3 Å². The molecule has 0 aliphatic carbocycles. The molecule has 23 heavy (non-hydrogen) atoms. The molecule has 3 N–H and O–H groups in total. The number of hydrogen-bond acceptors (Lipinski definition) is 5. The van der Waals surface area contributed by atoms with Crippen molar-refractivity contribution in [1.29, 1.82) is 0 Å². The van der Waals surface area contributed by atoms with Gasteiger partial charge in [-0.1, -0.05) is 6.07 Å². The van der Waals surface area contributed by atoms with Crippen LogP contribution < -0.4 is 10.6 Å². The van der Waals surface area contributed by atoms with Crippen molar-refractivity contribution in [2.45, 2.75) is 0 Å². The second-order valence-electron chi connectivity index (χ2n) is 6.06. The van der Waals surface area contributed by atoms with Crippen LogP contribution in [0, 0.1) is 0 Å². The third-order valence-electron chi connectivity index (χ3n) is 4.50. The van der Waals surface area contributed by atoms with Crippen LogP contribution in [-0.2, 0) is 0 Å². The smallest absolute Gasteiger partial charge is 0.153 e. The molecule has 1 aromatic carbocycles. The van der Waals surface area contributed by atoms with Crippen LogP contribution in [0.25, 0.3) is 22.0 Å². The first kappa shape index (κ1) is 14.0. The molecule has 0 amide bonds. The average Bonchev–Trinajstić information content (AvgIpc) is 2.96. The van der Waals surface area contributed by atoms with E-state index in [-0.39, 0.29) is 0 Å². The zero-order chi connectivity index (χ0) is 15.8. The van der Waals surface area contributed by atoms with Crippen molar-refractivity contribution in [3.8, 4) is 11.1 Å². The normalized spacial score (nSPS) is 16.1. The number of anilines is 2. The predicted octanol–water partition coefficient (Wildman–Crippen LogP) is 1.96. The van der Waals surface area contributed by atoms with E-state index in [1.54, 1.807) is 0 Å². The number of piperazine rings is 1. The molecule has 3 heterocycles. The average molecular weight is 308 g/mol. The van der Waals surface area contributed by atoms with Gasteiger partial charge < -0.3 is 15.5 Å². The lowest BCUT2D eigenvalue weighted by molar-refractivity contribution is 0.312. The lowest BCUT2D eigenvalue weighted by atomic mass is 10.1. The van der Waals surface area contributed by atoms with E-state index in [1.807, 2.05) is 12.3 Å². The van der Waals surface area contributed by atoms with E-state index in [4.69, 9.17) is 5.73 Å². The molecular formula is C17H20N6. The van der Waals surface area contributed by atoms with E-state index in [1.165, 1.54) is 0 Å². The number of aromatic nitrogens is 3. The van der Waals surface area contributed by atoms with Crippen molar-refractivity contribution < 1.29 is 0 Å². The SMILES string of the molecule is CN1CCN(c2ccc(-c3ccc4[nH]nc(N)c4c3)cn2)CC1. The molecule has 0 bridgehead atoms. The summed E-state index contributed by atoms with van der Waals surface area (Å²) < 4.78 is 0. The number of nitrogens with one attached hydrogen (secondary N) is 1. The van der Waals surface area contributed by atoms with E-state index in [0.29, 0.717) is 5.82 Å². The van der Waals surface area contributed by atoms with Gasteiger partial charge in [0.2, 0.25) is 0 Å².